The molecule has 5 heteroatoms. The molecule has 104 valence electrons. The van der Waals surface area contributed by atoms with Gasteiger partial charge in [-0.05, 0) is 37.5 Å². The van der Waals surface area contributed by atoms with Crippen LogP contribution in [0.1, 0.15) is 29.6 Å². The Hall–Kier alpha value is -1.07. The Morgan fingerprint density at radius 1 is 1.53 bits per heavy atom. The molecule has 0 spiro atoms. The van der Waals surface area contributed by atoms with Crippen LogP contribution in [0.15, 0.2) is 22.7 Å². The molecule has 1 aliphatic heterocycles. The van der Waals surface area contributed by atoms with Gasteiger partial charge in [-0.15, -0.1) is 0 Å². The summed E-state index contributed by atoms with van der Waals surface area (Å²) in [5, 5.41) is 9.81. The highest BCUT2D eigenvalue weighted by Crippen LogP contribution is 2.24. The molecule has 0 aliphatic carbocycles. The number of likely N-dealkylation sites (N-methyl/N-ethyl adjacent to an activating group) is 1. The van der Waals surface area contributed by atoms with E-state index in [1.807, 2.05) is 0 Å². The van der Waals surface area contributed by atoms with Crippen molar-refractivity contribution in [3.05, 3.63) is 28.2 Å². The summed E-state index contributed by atoms with van der Waals surface area (Å²) < 4.78 is 6.37. The molecule has 2 rings (SSSR count). The highest BCUT2D eigenvalue weighted by molar-refractivity contribution is 9.10. The molecule has 4 nitrogen and oxygen atoms in total. The Kier molecular flexibility index (Phi) is 4.82. The van der Waals surface area contributed by atoms with Gasteiger partial charge < -0.3 is 14.7 Å². The van der Waals surface area contributed by atoms with Gasteiger partial charge in [0.25, 0.3) is 5.91 Å². The average molecular weight is 328 g/mol. The Morgan fingerprint density at radius 2 is 2.32 bits per heavy atom. The van der Waals surface area contributed by atoms with Crippen LogP contribution in [0.3, 0.4) is 0 Å². The lowest BCUT2D eigenvalue weighted by molar-refractivity contribution is -0.000239. The summed E-state index contributed by atoms with van der Waals surface area (Å²) >= 11 is 3.26. The van der Waals surface area contributed by atoms with Crippen LogP contribution in [0.25, 0.3) is 0 Å². The molecule has 0 radical (unpaired) electrons. The molecule has 1 saturated heterocycles. The van der Waals surface area contributed by atoms with Crippen molar-refractivity contribution < 1.29 is 14.6 Å². The molecule has 1 amide bonds. The van der Waals surface area contributed by atoms with Crippen LogP contribution in [0.4, 0.5) is 0 Å². The van der Waals surface area contributed by atoms with E-state index in [1.54, 1.807) is 24.1 Å². The SMILES string of the molecule is CN(CC1CCCCO1)C(=O)c1ccc(Br)cc1O. The van der Waals surface area contributed by atoms with Gasteiger partial charge in [0.05, 0.1) is 11.7 Å². The summed E-state index contributed by atoms with van der Waals surface area (Å²) in [5.74, 6) is -0.185. The number of amides is 1. The van der Waals surface area contributed by atoms with Gasteiger partial charge in [-0.25, -0.2) is 0 Å². The smallest absolute Gasteiger partial charge is 0.257 e. The normalized spacial score (nSPS) is 19.2. The largest absolute Gasteiger partial charge is 0.507 e. The van der Waals surface area contributed by atoms with Gasteiger partial charge in [-0.1, -0.05) is 15.9 Å². The average Bonchev–Trinajstić information content (AvgIpc) is 2.39. The second-order valence-corrected chi connectivity index (χ2v) is 5.75. The molecular weight excluding hydrogens is 310 g/mol. The topological polar surface area (TPSA) is 49.8 Å². The molecule has 1 aromatic rings. The van der Waals surface area contributed by atoms with Crippen LogP contribution in [0.5, 0.6) is 5.75 Å². The third-order valence-electron chi connectivity index (χ3n) is 3.29. The van der Waals surface area contributed by atoms with Gasteiger partial charge in [0.1, 0.15) is 5.75 Å². The molecule has 1 N–H and O–H groups in total. The van der Waals surface area contributed by atoms with Crippen molar-refractivity contribution >= 4 is 21.8 Å². The first-order chi connectivity index (χ1) is 9.08. The molecule has 1 aromatic carbocycles. The molecule has 1 aliphatic rings. The molecular formula is C14H18BrNO3. The van der Waals surface area contributed by atoms with Crippen LogP contribution in [-0.4, -0.2) is 42.2 Å². The number of hydrogen-bond donors (Lipinski definition) is 1. The van der Waals surface area contributed by atoms with Crippen molar-refractivity contribution in [2.75, 3.05) is 20.2 Å². The van der Waals surface area contributed by atoms with E-state index in [1.165, 1.54) is 6.07 Å². The van der Waals surface area contributed by atoms with Crippen molar-refractivity contribution in [3.8, 4) is 5.75 Å². The molecule has 0 aromatic heterocycles. The van der Waals surface area contributed by atoms with E-state index in [0.717, 1.165) is 30.3 Å². The molecule has 0 saturated carbocycles. The maximum Gasteiger partial charge on any atom is 0.257 e. The van der Waals surface area contributed by atoms with Gasteiger partial charge in [0.15, 0.2) is 0 Å². The lowest BCUT2D eigenvalue weighted by Gasteiger charge is -2.27. The lowest BCUT2D eigenvalue weighted by Crippen LogP contribution is -2.37. The van der Waals surface area contributed by atoms with E-state index in [9.17, 15) is 9.90 Å². The van der Waals surface area contributed by atoms with E-state index in [0.29, 0.717) is 12.1 Å². The first-order valence-electron chi connectivity index (χ1n) is 6.43. The van der Waals surface area contributed by atoms with Crippen molar-refractivity contribution in [1.29, 1.82) is 0 Å². The number of hydrogen-bond acceptors (Lipinski definition) is 3. The molecule has 1 atom stereocenters. The molecule has 0 bridgehead atoms. The summed E-state index contributed by atoms with van der Waals surface area (Å²) in [7, 11) is 1.74. The number of halogens is 1. The van der Waals surface area contributed by atoms with Gasteiger partial charge >= 0.3 is 0 Å². The number of nitrogens with zero attached hydrogens (tertiary/aromatic N) is 1. The Balaban J connectivity index is 2.01. The third-order valence-corrected chi connectivity index (χ3v) is 3.78. The number of aromatic hydroxyl groups is 1. The number of phenols is 1. The van der Waals surface area contributed by atoms with Crippen LogP contribution < -0.4 is 0 Å². The second kappa shape index (κ2) is 6.39. The van der Waals surface area contributed by atoms with E-state index >= 15 is 0 Å². The molecule has 19 heavy (non-hydrogen) atoms. The summed E-state index contributed by atoms with van der Waals surface area (Å²) in [4.78, 5) is 13.9. The van der Waals surface area contributed by atoms with Crippen LogP contribution >= 0.6 is 15.9 Å². The van der Waals surface area contributed by atoms with Crippen molar-refractivity contribution in [2.45, 2.75) is 25.4 Å². The molecule has 1 fully saturated rings. The van der Waals surface area contributed by atoms with E-state index < -0.39 is 0 Å². The minimum atomic E-state index is -0.181. The fraction of sp³-hybridized carbons (Fsp3) is 0.500. The first kappa shape index (κ1) is 14.3. The third kappa shape index (κ3) is 3.70. The highest BCUT2D eigenvalue weighted by Gasteiger charge is 2.21. The number of rotatable bonds is 3. The number of carbonyl (C=O) groups is 1. The zero-order chi connectivity index (χ0) is 13.8. The predicted molar refractivity (Wildman–Crippen MR) is 76.4 cm³/mol. The number of carbonyl (C=O) groups excluding carboxylic acids is 1. The summed E-state index contributed by atoms with van der Waals surface area (Å²) in [6.07, 6.45) is 3.35. The van der Waals surface area contributed by atoms with Crippen molar-refractivity contribution in [2.24, 2.45) is 0 Å². The zero-order valence-corrected chi connectivity index (χ0v) is 12.5. The van der Waals surface area contributed by atoms with Crippen LogP contribution in [0, 0.1) is 0 Å². The Labute approximate surface area is 121 Å². The van der Waals surface area contributed by atoms with Gasteiger partial charge in [-0.3, -0.25) is 4.79 Å². The van der Waals surface area contributed by atoms with Crippen LogP contribution in [-0.2, 0) is 4.74 Å². The highest BCUT2D eigenvalue weighted by atomic mass is 79.9. The van der Waals surface area contributed by atoms with Crippen molar-refractivity contribution in [1.82, 2.24) is 4.90 Å². The van der Waals surface area contributed by atoms with Gasteiger partial charge in [0.2, 0.25) is 0 Å². The van der Waals surface area contributed by atoms with Crippen molar-refractivity contribution in [3.63, 3.8) is 0 Å². The monoisotopic (exact) mass is 327 g/mol. The molecule has 1 heterocycles. The number of benzene rings is 1. The fourth-order valence-electron chi connectivity index (χ4n) is 2.23. The Bertz CT molecular complexity index is 458. The summed E-state index contributed by atoms with van der Waals surface area (Å²) in [6, 6.07) is 4.90. The summed E-state index contributed by atoms with van der Waals surface area (Å²) in [6.45, 7) is 1.34. The van der Waals surface area contributed by atoms with E-state index in [2.05, 4.69) is 15.9 Å². The van der Waals surface area contributed by atoms with Gasteiger partial charge in [0, 0.05) is 24.7 Å². The fourth-order valence-corrected chi connectivity index (χ4v) is 2.58. The quantitative estimate of drug-likeness (QED) is 0.928. The van der Waals surface area contributed by atoms with E-state index in [-0.39, 0.29) is 17.8 Å². The predicted octanol–water partition coefficient (Wildman–Crippen LogP) is 2.80. The standard InChI is InChI=1S/C14H18BrNO3/c1-16(9-11-4-2-3-7-19-11)14(18)12-6-5-10(15)8-13(12)17/h5-6,8,11,17H,2-4,7,9H2,1H3. The Morgan fingerprint density at radius 3 is 2.95 bits per heavy atom. The number of phenolic OH excluding ortho intramolecular Hbond substituents is 1. The maximum absolute atomic E-state index is 12.2. The molecule has 1 unspecified atom stereocenters. The number of ether oxygens (including phenoxy) is 1. The van der Waals surface area contributed by atoms with Gasteiger partial charge in [-0.2, -0.15) is 0 Å². The second-order valence-electron chi connectivity index (χ2n) is 4.84. The first-order valence-corrected chi connectivity index (χ1v) is 7.23. The van der Waals surface area contributed by atoms with E-state index in [4.69, 9.17) is 4.74 Å². The lowest BCUT2D eigenvalue weighted by atomic mass is 10.1. The minimum Gasteiger partial charge on any atom is -0.507 e. The minimum absolute atomic E-state index is 0.00390. The summed E-state index contributed by atoms with van der Waals surface area (Å²) in [5.41, 5.74) is 0.321. The maximum atomic E-state index is 12.2. The zero-order valence-electron chi connectivity index (χ0n) is 10.9. The van der Waals surface area contributed by atoms with Crippen LogP contribution in [0.2, 0.25) is 0 Å².